The molecule has 0 aliphatic carbocycles. The SMILES string of the molecule is O=[N+]([O-])c1cc(Br)c(CCl)c(C(F)(F)F)c1. The number of nitro benzene ring substituents is 1. The predicted octanol–water partition coefficient (Wildman–Crippen LogP) is 4.11. The van der Waals surface area contributed by atoms with Gasteiger partial charge in [-0.05, 0) is 5.56 Å². The van der Waals surface area contributed by atoms with E-state index in [9.17, 15) is 23.3 Å². The van der Waals surface area contributed by atoms with Gasteiger partial charge in [-0.3, -0.25) is 10.1 Å². The standard InChI is InChI=1S/C8H4BrClF3NO2/c9-7-2-4(14(15)16)1-6(5(7)3-10)8(11,12)13/h1-2H,3H2. The number of nitrogens with zero attached hydrogens (tertiary/aromatic N) is 1. The highest BCUT2D eigenvalue weighted by atomic mass is 79.9. The molecule has 0 atom stereocenters. The lowest BCUT2D eigenvalue weighted by Gasteiger charge is -2.12. The zero-order valence-corrected chi connectivity index (χ0v) is 9.86. The summed E-state index contributed by atoms with van der Waals surface area (Å²) in [6, 6.07) is 1.47. The molecule has 0 aliphatic rings. The molecule has 0 aliphatic heterocycles. The van der Waals surface area contributed by atoms with Gasteiger partial charge in [0.15, 0.2) is 0 Å². The third-order valence-electron chi connectivity index (χ3n) is 1.83. The number of nitro groups is 1. The number of benzene rings is 1. The van der Waals surface area contributed by atoms with E-state index in [0.717, 1.165) is 6.07 Å². The Kier molecular flexibility index (Phi) is 3.80. The Morgan fingerprint density at radius 3 is 2.38 bits per heavy atom. The first-order chi connectivity index (χ1) is 7.27. The third-order valence-corrected chi connectivity index (χ3v) is 2.80. The molecular weight excluding hydrogens is 314 g/mol. The molecule has 0 unspecified atom stereocenters. The summed E-state index contributed by atoms with van der Waals surface area (Å²) >= 11 is 8.21. The molecule has 0 bridgehead atoms. The van der Waals surface area contributed by atoms with Crippen LogP contribution in [0.3, 0.4) is 0 Å². The average Bonchev–Trinajstić information content (AvgIpc) is 2.14. The second kappa shape index (κ2) is 4.58. The van der Waals surface area contributed by atoms with Gasteiger partial charge in [-0.1, -0.05) is 15.9 Å². The van der Waals surface area contributed by atoms with Gasteiger partial charge in [-0.2, -0.15) is 13.2 Å². The molecule has 88 valence electrons. The van der Waals surface area contributed by atoms with Gasteiger partial charge in [0.1, 0.15) is 0 Å². The van der Waals surface area contributed by atoms with E-state index in [1.807, 2.05) is 0 Å². The van der Waals surface area contributed by atoms with Crippen molar-refractivity contribution in [1.29, 1.82) is 0 Å². The van der Waals surface area contributed by atoms with E-state index in [-0.39, 0.29) is 15.9 Å². The van der Waals surface area contributed by atoms with E-state index in [0.29, 0.717) is 6.07 Å². The van der Waals surface area contributed by atoms with Crippen LogP contribution in [0.5, 0.6) is 0 Å². The highest BCUT2D eigenvalue weighted by Crippen LogP contribution is 2.38. The van der Waals surface area contributed by atoms with Crippen LogP contribution in [0, 0.1) is 10.1 Å². The van der Waals surface area contributed by atoms with Gasteiger partial charge < -0.3 is 0 Å². The molecule has 1 rings (SSSR count). The van der Waals surface area contributed by atoms with Crippen LogP contribution in [-0.4, -0.2) is 4.92 Å². The van der Waals surface area contributed by atoms with Crippen molar-refractivity contribution >= 4 is 33.2 Å². The molecule has 1 aromatic carbocycles. The quantitative estimate of drug-likeness (QED) is 0.468. The van der Waals surface area contributed by atoms with E-state index in [1.54, 1.807) is 0 Å². The fraction of sp³-hybridized carbons (Fsp3) is 0.250. The first-order valence-electron chi connectivity index (χ1n) is 3.87. The number of alkyl halides is 4. The highest BCUT2D eigenvalue weighted by molar-refractivity contribution is 9.10. The fourth-order valence-electron chi connectivity index (χ4n) is 1.12. The second-order valence-electron chi connectivity index (χ2n) is 2.84. The Labute approximate surface area is 101 Å². The average molecular weight is 318 g/mol. The van der Waals surface area contributed by atoms with Crippen LogP contribution in [-0.2, 0) is 12.1 Å². The van der Waals surface area contributed by atoms with Gasteiger partial charge in [0.25, 0.3) is 5.69 Å². The molecule has 1 aromatic rings. The molecule has 0 N–H and O–H groups in total. The summed E-state index contributed by atoms with van der Waals surface area (Å²) in [5.74, 6) is -0.382. The molecule has 0 saturated carbocycles. The van der Waals surface area contributed by atoms with Crippen LogP contribution in [0.4, 0.5) is 18.9 Å². The molecular formula is C8H4BrClF3NO2. The molecule has 8 heteroatoms. The first kappa shape index (κ1) is 13.2. The zero-order chi connectivity index (χ0) is 12.5. The van der Waals surface area contributed by atoms with Crippen LogP contribution in [0.25, 0.3) is 0 Å². The minimum atomic E-state index is -4.67. The number of rotatable bonds is 2. The van der Waals surface area contributed by atoms with Gasteiger partial charge >= 0.3 is 6.18 Å². The smallest absolute Gasteiger partial charge is 0.258 e. The molecule has 16 heavy (non-hydrogen) atoms. The topological polar surface area (TPSA) is 43.1 Å². The van der Waals surface area contributed by atoms with E-state index >= 15 is 0 Å². The maximum Gasteiger partial charge on any atom is 0.417 e. The van der Waals surface area contributed by atoms with Crippen molar-refractivity contribution < 1.29 is 18.1 Å². The molecule has 3 nitrogen and oxygen atoms in total. The molecule has 0 radical (unpaired) electrons. The molecule has 0 saturated heterocycles. The largest absolute Gasteiger partial charge is 0.417 e. The Bertz CT molecular complexity index is 436. The molecule has 0 fully saturated rings. The van der Waals surface area contributed by atoms with Crippen molar-refractivity contribution in [3.05, 3.63) is 37.8 Å². The zero-order valence-electron chi connectivity index (χ0n) is 7.52. The Hall–Kier alpha value is -0.820. The number of hydrogen-bond acceptors (Lipinski definition) is 2. The van der Waals surface area contributed by atoms with E-state index in [1.165, 1.54) is 0 Å². The van der Waals surface area contributed by atoms with Gasteiger partial charge in [0, 0.05) is 22.5 Å². The van der Waals surface area contributed by atoms with Gasteiger partial charge in [0.05, 0.1) is 10.5 Å². The summed E-state index contributed by atoms with van der Waals surface area (Å²) in [5.41, 5.74) is -1.93. The Morgan fingerprint density at radius 2 is 2.00 bits per heavy atom. The molecule has 0 amide bonds. The summed E-state index contributed by atoms with van der Waals surface area (Å²) in [7, 11) is 0. The minimum absolute atomic E-state index is 0.0241. The molecule has 0 heterocycles. The second-order valence-corrected chi connectivity index (χ2v) is 3.96. The van der Waals surface area contributed by atoms with Crippen molar-refractivity contribution in [3.8, 4) is 0 Å². The van der Waals surface area contributed by atoms with Crippen LogP contribution < -0.4 is 0 Å². The van der Waals surface area contributed by atoms with Gasteiger partial charge in [-0.15, -0.1) is 11.6 Å². The van der Waals surface area contributed by atoms with Crippen molar-refractivity contribution in [1.82, 2.24) is 0 Å². The maximum absolute atomic E-state index is 12.6. The van der Waals surface area contributed by atoms with Crippen LogP contribution in [0.15, 0.2) is 16.6 Å². The lowest BCUT2D eigenvalue weighted by Crippen LogP contribution is -2.10. The minimum Gasteiger partial charge on any atom is -0.258 e. The van der Waals surface area contributed by atoms with Crippen molar-refractivity contribution in [3.63, 3.8) is 0 Å². The summed E-state index contributed by atoms with van der Waals surface area (Å²) in [6.45, 7) is 0. The predicted molar refractivity (Wildman–Crippen MR) is 55.4 cm³/mol. The fourth-order valence-corrected chi connectivity index (χ4v) is 2.15. The van der Waals surface area contributed by atoms with Gasteiger partial charge in [-0.25, -0.2) is 0 Å². The van der Waals surface area contributed by atoms with E-state index in [4.69, 9.17) is 11.6 Å². The van der Waals surface area contributed by atoms with Crippen molar-refractivity contribution in [2.75, 3.05) is 0 Å². The third kappa shape index (κ3) is 2.65. The van der Waals surface area contributed by atoms with Crippen molar-refractivity contribution in [2.45, 2.75) is 12.1 Å². The first-order valence-corrected chi connectivity index (χ1v) is 5.20. The highest BCUT2D eigenvalue weighted by Gasteiger charge is 2.35. The Balaban J connectivity index is 3.49. The van der Waals surface area contributed by atoms with Crippen LogP contribution >= 0.6 is 27.5 Å². The summed E-state index contributed by atoms with van der Waals surface area (Å²) in [4.78, 5) is 9.53. The number of halogens is 5. The molecule has 0 spiro atoms. The van der Waals surface area contributed by atoms with Crippen molar-refractivity contribution in [2.24, 2.45) is 0 Å². The number of hydrogen-bond donors (Lipinski definition) is 0. The maximum atomic E-state index is 12.6. The van der Waals surface area contributed by atoms with E-state index < -0.39 is 22.4 Å². The Morgan fingerprint density at radius 1 is 1.44 bits per heavy atom. The van der Waals surface area contributed by atoms with Crippen LogP contribution in [0.2, 0.25) is 0 Å². The number of non-ortho nitro benzene ring substituents is 1. The van der Waals surface area contributed by atoms with Gasteiger partial charge in [0.2, 0.25) is 0 Å². The molecule has 0 aromatic heterocycles. The summed E-state index contributed by atoms with van der Waals surface area (Å²) in [5, 5.41) is 10.4. The normalized spacial score (nSPS) is 11.6. The monoisotopic (exact) mass is 317 g/mol. The van der Waals surface area contributed by atoms with Crippen LogP contribution in [0.1, 0.15) is 11.1 Å². The van der Waals surface area contributed by atoms with E-state index in [2.05, 4.69) is 15.9 Å². The summed E-state index contributed by atoms with van der Waals surface area (Å²) < 4.78 is 37.6. The lowest BCUT2D eigenvalue weighted by molar-refractivity contribution is -0.385. The summed E-state index contributed by atoms with van der Waals surface area (Å²) in [6.07, 6.45) is -4.67. The lowest BCUT2D eigenvalue weighted by atomic mass is 10.1.